The molecule has 2 aliphatic rings. The lowest BCUT2D eigenvalue weighted by Crippen LogP contribution is -2.43. The highest BCUT2D eigenvalue weighted by atomic mass is 16.5. The molecule has 160 valence electrons. The number of fused-ring (bicyclic) bond motifs is 1. The lowest BCUT2D eigenvalue weighted by Gasteiger charge is -2.38. The minimum Gasteiger partial charge on any atom is -0.381 e. The molecule has 0 spiro atoms. The van der Waals surface area contributed by atoms with Gasteiger partial charge in [-0.1, -0.05) is 11.2 Å². The van der Waals surface area contributed by atoms with Crippen molar-refractivity contribution in [3.05, 3.63) is 47.5 Å². The van der Waals surface area contributed by atoms with E-state index >= 15 is 0 Å². The Balaban J connectivity index is 1.27. The van der Waals surface area contributed by atoms with Crippen LogP contribution in [0.2, 0.25) is 0 Å². The van der Waals surface area contributed by atoms with Crippen molar-refractivity contribution in [1.82, 2.24) is 24.4 Å². The summed E-state index contributed by atoms with van der Waals surface area (Å²) in [5.74, 6) is 1.74. The first kappa shape index (κ1) is 19.7. The van der Waals surface area contributed by atoms with E-state index in [-0.39, 0.29) is 0 Å². The van der Waals surface area contributed by atoms with Crippen LogP contribution in [-0.4, -0.2) is 57.8 Å². The van der Waals surface area contributed by atoms with Gasteiger partial charge in [-0.05, 0) is 44.2 Å². The average Bonchev–Trinajstić information content (AvgIpc) is 3.44. The first-order valence-electron chi connectivity index (χ1n) is 10.8. The van der Waals surface area contributed by atoms with Crippen molar-refractivity contribution in [1.29, 1.82) is 0 Å². The van der Waals surface area contributed by atoms with Gasteiger partial charge in [0.25, 0.3) is 5.89 Å². The number of aromatic nitrogens is 4. The third-order valence-corrected chi connectivity index (χ3v) is 6.67. The highest BCUT2D eigenvalue weighted by Gasteiger charge is 2.42. The van der Waals surface area contributed by atoms with Crippen molar-refractivity contribution in [2.45, 2.75) is 50.7 Å². The van der Waals surface area contributed by atoms with Crippen LogP contribution in [0.15, 0.2) is 29.0 Å². The normalized spacial score (nSPS) is 20.7. The number of ether oxygens (including phenoxy) is 2. The number of pyridine rings is 1. The van der Waals surface area contributed by atoms with Crippen molar-refractivity contribution in [3.8, 4) is 0 Å². The number of piperidine rings is 1. The Morgan fingerprint density at radius 1 is 1.23 bits per heavy atom. The predicted molar refractivity (Wildman–Crippen MR) is 110 cm³/mol. The highest BCUT2D eigenvalue weighted by molar-refractivity contribution is 5.48. The van der Waals surface area contributed by atoms with Crippen molar-refractivity contribution < 1.29 is 14.0 Å². The van der Waals surface area contributed by atoms with Gasteiger partial charge in [-0.25, -0.2) is 4.98 Å². The van der Waals surface area contributed by atoms with E-state index in [0.29, 0.717) is 11.8 Å². The van der Waals surface area contributed by atoms with Crippen LogP contribution in [-0.2, 0) is 21.6 Å². The Morgan fingerprint density at radius 2 is 2.03 bits per heavy atom. The maximum atomic E-state index is 5.97. The van der Waals surface area contributed by atoms with E-state index in [1.807, 2.05) is 6.20 Å². The second-order valence-corrected chi connectivity index (χ2v) is 8.45. The molecule has 5 heterocycles. The molecule has 0 aromatic carbocycles. The van der Waals surface area contributed by atoms with Gasteiger partial charge in [-0.3, -0.25) is 4.90 Å². The lowest BCUT2D eigenvalue weighted by molar-refractivity contribution is -0.0840. The zero-order valence-corrected chi connectivity index (χ0v) is 17.7. The van der Waals surface area contributed by atoms with E-state index in [1.165, 1.54) is 11.3 Å². The summed E-state index contributed by atoms with van der Waals surface area (Å²) >= 11 is 0. The molecule has 3 aromatic rings. The third kappa shape index (κ3) is 3.53. The molecule has 8 heteroatoms. The van der Waals surface area contributed by atoms with Crippen LogP contribution in [0, 0.1) is 6.92 Å². The van der Waals surface area contributed by atoms with Crippen LogP contribution in [0.1, 0.15) is 54.6 Å². The molecule has 0 bridgehead atoms. The fraction of sp³-hybridized carbons (Fsp3) is 0.591. The molecule has 2 fully saturated rings. The summed E-state index contributed by atoms with van der Waals surface area (Å²) in [5, 5.41) is 4.28. The molecule has 0 atom stereocenters. The quantitative estimate of drug-likeness (QED) is 0.638. The molecule has 0 saturated carbocycles. The Kier molecular flexibility index (Phi) is 5.30. The van der Waals surface area contributed by atoms with Gasteiger partial charge in [0.2, 0.25) is 0 Å². The van der Waals surface area contributed by atoms with Crippen molar-refractivity contribution in [2.24, 2.45) is 0 Å². The van der Waals surface area contributed by atoms with E-state index < -0.39 is 5.60 Å². The molecule has 2 aliphatic heterocycles. The number of likely N-dealkylation sites (tertiary alicyclic amines) is 1. The van der Waals surface area contributed by atoms with Gasteiger partial charge in [0.1, 0.15) is 11.2 Å². The van der Waals surface area contributed by atoms with Crippen LogP contribution in [0.5, 0.6) is 0 Å². The molecule has 0 radical (unpaired) electrons. The monoisotopic (exact) mass is 411 g/mol. The van der Waals surface area contributed by atoms with E-state index in [1.54, 1.807) is 7.11 Å². The molecule has 2 saturated heterocycles. The molecule has 30 heavy (non-hydrogen) atoms. The van der Waals surface area contributed by atoms with Crippen molar-refractivity contribution in [3.63, 3.8) is 0 Å². The predicted octanol–water partition coefficient (Wildman–Crippen LogP) is 3.06. The largest absolute Gasteiger partial charge is 0.381 e. The van der Waals surface area contributed by atoms with Gasteiger partial charge in [0.05, 0.1) is 11.9 Å². The molecule has 0 aliphatic carbocycles. The fourth-order valence-corrected chi connectivity index (χ4v) is 4.67. The number of aryl methyl sites for hydroxylation is 1. The summed E-state index contributed by atoms with van der Waals surface area (Å²) in [4.78, 5) is 11.8. The molecule has 8 nitrogen and oxygen atoms in total. The Morgan fingerprint density at radius 3 is 2.80 bits per heavy atom. The SMILES string of the molecule is COC1(c2nc(C3CCOCC3)no2)CCN(Cc2cnc3c(C)cccn23)CC1. The number of imidazole rings is 1. The van der Waals surface area contributed by atoms with Crippen LogP contribution in [0.4, 0.5) is 0 Å². The first-order valence-corrected chi connectivity index (χ1v) is 10.8. The van der Waals surface area contributed by atoms with E-state index in [9.17, 15) is 0 Å². The number of rotatable bonds is 5. The summed E-state index contributed by atoms with van der Waals surface area (Å²) in [5.41, 5.74) is 2.93. The van der Waals surface area contributed by atoms with Gasteiger partial charge < -0.3 is 18.4 Å². The second kappa shape index (κ2) is 8.09. The van der Waals surface area contributed by atoms with Crippen molar-refractivity contribution >= 4 is 5.65 Å². The first-order chi connectivity index (χ1) is 14.7. The summed E-state index contributed by atoms with van der Waals surface area (Å²) in [6, 6.07) is 4.17. The zero-order chi connectivity index (χ0) is 20.6. The summed E-state index contributed by atoms with van der Waals surface area (Å²) in [7, 11) is 1.75. The number of hydrogen-bond acceptors (Lipinski definition) is 7. The summed E-state index contributed by atoms with van der Waals surface area (Å²) in [6.45, 7) is 6.30. The molecule has 3 aromatic heterocycles. The standard InChI is InChI=1S/C22H29N5O3/c1-16-4-3-9-27-18(14-23-20(16)27)15-26-10-7-22(28-2,8-11-26)21-24-19(25-30-21)17-5-12-29-13-6-17/h3-4,9,14,17H,5-8,10-13,15H2,1-2H3. The average molecular weight is 412 g/mol. The second-order valence-electron chi connectivity index (χ2n) is 8.45. The summed E-state index contributed by atoms with van der Waals surface area (Å²) < 4.78 is 19.3. The van der Waals surface area contributed by atoms with Gasteiger partial charge in [0.15, 0.2) is 5.82 Å². The Hall–Kier alpha value is -2.29. The zero-order valence-electron chi connectivity index (χ0n) is 17.7. The Labute approximate surface area is 176 Å². The van der Waals surface area contributed by atoms with E-state index in [0.717, 1.165) is 70.0 Å². The smallest absolute Gasteiger partial charge is 0.258 e. The van der Waals surface area contributed by atoms with Crippen LogP contribution in [0.25, 0.3) is 5.65 Å². The maximum absolute atomic E-state index is 5.97. The van der Waals surface area contributed by atoms with E-state index in [2.05, 4.69) is 44.7 Å². The minimum atomic E-state index is -0.497. The number of methoxy groups -OCH3 is 1. The van der Waals surface area contributed by atoms with Crippen LogP contribution in [0.3, 0.4) is 0 Å². The highest BCUT2D eigenvalue weighted by Crippen LogP contribution is 2.37. The third-order valence-electron chi connectivity index (χ3n) is 6.67. The molecular weight excluding hydrogens is 382 g/mol. The topological polar surface area (TPSA) is 77.9 Å². The molecule has 0 amide bonds. The van der Waals surface area contributed by atoms with Gasteiger partial charge >= 0.3 is 0 Å². The van der Waals surface area contributed by atoms with Crippen LogP contribution >= 0.6 is 0 Å². The Bertz CT molecular complexity index is 999. The minimum absolute atomic E-state index is 0.323. The fourth-order valence-electron chi connectivity index (χ4n) is 4.67. The maximum Gasteiger partial charge on any atom is 0.258 e. The number of hydrogen-bond donors (Lipinski definition) is 0. The number of nitrogens with zero attached hydrogens (tertiary/aromatic N) is 5. The van der Waals surface area contributed by atoms with Crippen molar-refractivity contribution in [2.75, 3.05) is 33.4 Å². The molecule has 0 N–H and O–H groups in total. The molecular formula is C22H29N5O3. The molecule has 0 unspecified atom stereocenters. The van der Waals surface area contributed by atoms with Gasteiger partial charge in [0, 0.05) is 52.1 Å². The van der Waals surface area contributed by atoms with Gasteiger partial charge in [-0.2, -0.15) is 4.98 Å². The summed E-state index contributed by atoms with van der Waals surface area (Å²) in [6.07, 6.45) is 7.63. The molecule has 5 rings (SSSR count). The van der Waals surface area contributed by atoms with Gasteiger partial charge in [-0.15, -0.1) is 0 Å². The van der Waals surface area contributed by atoms with Crippen LogP contribution < -0.4 is 0 Å². The lowest BCUT2D eigenvalue weighted by atomic mass is 9.90. The van der Waals surface area contributed by atoms with E-state index in [4.69, 9.17) is 19.0 Å².